The fourth-order valence-corrected chi connectivity index (χ4v) is 5.23. The number of nitrogens with zero attached hydrogens (tertiary/aromatic N) is 2. The second-order valence-electron chi connectivity index (χ2n) is 12.5. The molecule has 4 rings (SSSR count). The van der Waals surface area contributed by atoms with Gasteiger partial charge in [-0.15, -0.1) is 0 Å². The highest BCUT2D eigenvalue weighted by molar-refractivity contribution is 7.90. The molecule has 4 aromatic rings. The van der Waals surface area contributed by atoms with Crippen LogP contribution in [-0.2, 0) is 26.8 Å². The topological polar surface area (TPSA) is 101 Å². The molecular weight excluding hydrogens is 579 g/mol. The Balaban J connectivity index is 1.81. The van der Waals surface area contributed by atoms with Crippen molar-refractivity contribution in [1.29, 1.82) is 0 Å². The summed E-state index contributed by atoms with van der Waals surface area (Å²) >= 11 is 0. The minimum atomic E-state index is -4.52. The minimum Gasteiger partial charge on any atom is -0.507 e. The molecule has 0 saturated heterocycles. The molecule has 0 aliphatic heterocycles. The summed E-state index contributed by atoms with van der Waals surface area (Å²) in [6.07, 6.45) is -3.45. The van der Waals surface area contributed by atoms with Crippen molar-refractivity contribution >= 4 is 21.4 Å². The van der Waals surface area contributed by atoms with E-state index in [0.717, 1.165) is 18.4 Å². The SMILES string of the molecule is CC(C)(C)c1cc(NC(=O)c2cc(-c3ccc(C(F)(F)F)cc3)n(-c3ccc(S(C)(=O)=O)cc3)n2)cc(C(C)(C)C)c1O. The van der Waals surface area contributed by atoms with Gasteiger partial charge in [-0.2, -0.15) is 18.3 Å². The molecule has 0 radical (unpaired) electrons. The number of phenols is 1. The van der Waals surface area contributed by atoms with Gasteiger partial charge < -0.3 is 10.4 Å². The summed E-state index contributed by atoms with van der Waals surface area (Å²) < 4.78 is 64.9. The minimum absolute atomic E-state index is 0.0234. The number of aromatic hydroxyl groups is 1. The van der Waals surface area contributed by atoms with E-state index in [4.69, 9.17) is 0 Å². The molecule has 0 aliphatic carbocycles. The van der Waals surface area contributed by atoms with E-state index < -0.39 is 38.3 Å². The van der Waals surface area contributed by atoms with Crippen LogP contribution in [0.2, 0.25) is 0 Å². The summed E-state index contributed by atoms with van der Waals surface area (Å²) in [7, 11) is -3.48. The monoisotopic (exact) mass is 613 g/mol. The Kier molecular flexibility index (Phi) is 8.03. The standard InChI is InChI=1S/C32H34F3N3O4S/c1-30(2,3)24-16-21(17-25(28(24)39)31(4,5)6)36-29(40)26-18-27(19-8-10-20(11-9-19)32(33,34)35)38(37-26)22-12-14-23(15-13-22)43(7,41)42/h8-18,39H,1-7H3,(H,36,40). The molecule has 1 aromatic heterocycles. The molecule has 7 nitrogen and oxygen atoms in total. The van der Waals surface area contributed by atoms with E-state index >= 15 is 0 Å². The lowest BCUT2D eigenvalue weighted by atomic mass is 9.79. The highest BCUT2D eigenvalue weighted by atomic mass is 32.2. The van der Waals surface area contributed by atoms with Crippen LogP contribution in [0.15, 0.2) is 71.6 Å². The Morgan fingerprint density at radius 1 is 0.837 bits per heavy atom. The molecule has 11 heteroatoms. The average Bonchev–Trinajstić information content (AvgIpc) is 3.33. The van der Waals surface area contributed by atoms with Crippen LogP contribution < -0.4 is 5.32 Å². The van der Waals surface area contributed by atoms with Gasteiger partial charge in [-0.05, 0) is 65.4 Å². The van der Waals surface area contributed by atoms with Crippen LogP contribution in [0, 0.1) is 0 Å². The Hall–Kier alpha value is -4.12. The van der Waals surface area contributed by atoms with Crippen molar-refractivity contribution in [2.75, 3.05) is 11.6 Å². The zero-order chi connectivity index (χ0) is 32.1. The van der Waals surface area contributed by atoms with Gasteiger partial charge in [0.2, 0.25) is 0 Å². The predicted molar refractivity (Wildman–Crippen MR) is 161 cm³/mol. The normalized spacial score (nSPS) is 12.8. The number of benzene rings is 3. The zero-order valence-electron chi connectivity index (χ0n) is 25.0. The number of aromatic nitrogens is 2. The summed E-state index contributed by atoms with van der Waals surface area (Å²) in [5, 5.41) is 18.3. The molecule has 2 N–H and O–H groups in total. The lowest BCUT2D eigenvalue weighted by molar-refractivity contribution is -0.137. The lowest BCUT2D eigenvalue weighted by Gasteiger charge is -2.28. The van der Waals surface area contributed by atoms with Gasteiger partial charge in [-0.1, -0.05) is 53.7 Å². The molecule has 1 heterocycles. The van der Waals surface area contributed by atoms with Gasteiger partial charge in [0.25, 0.3) is 5.91 Å². The predicted octanol–water partition coefficient (Wildman–Crippen LogP) is 7.51. The Morgan fingerprint density at radius 3 is 1.79 bits per heavy atom. The van der Waals surface area contributed by atoms with Crippen molar-refractivity contribution in [3.05, 3.63) is 89.1 Å². The first-order chi connectivity index (χ1) is 19.7. The van der Waals surface area contributed by atoms with Crippen molar-refractivity contribution in [2.24, 2.45) is 0 Å². The van der Waals surface area contributed by atoms with Crippen LogP contribution in [0.4, 0.5) is 18.9 Å². The van der Waals surface area contributed by atoms with Crippen LogP contribution in [-0.4, -0.2) is 35.5 Å². The third kappa shape index (κ3) is 6.93. The number of rotatable bonds is 5. The summed E-state index contributed by atoms with van der Waals surface area (Å²) in [6, 6.07) is 15.1. The summed E-state index contributed by atoms with van der Waals surface area (Å²) in [5.74, 6) is -0.422. The van der Waals surface area contributed by atoms with E-state index in [-0.39, 0.29) is 16.3 Å². The molecule has 0 spiro atoms. The van der Waals surface area contributed by atoms with Gasteiger partial charge in [-0.3, -0.25) is 4.79 Å². The molecule has 0 atom stereocenters. The van der Waals surface area contributed by atoms with Crippen LogP contribution in [0.25, 0.3) is 16.9 Å². The second kappa shape index (κ2) is 10.9. The van der Waals surface area contributed by atoms with Crippen LogP contribution >= 0.6 is 0 Å². The Morgan fingerprint density at radius 2 is 1.35 bits per heavy atom. The number of halogens is 3. The molecule has 0 unspecified atom stereocenters. The maximum atomic E-state index is 13.5. The van der Waals surface area contributed by atoms with Gasteiger partial charge in [-0.25, -0.2) is 13.1 Å². The number of phenolic OH excluding ortho intramolecular Hbond substituents is 1. The van der Waals surface area contributed by atoms with E-state index in [1.165, 1.54) is 47.1 Å². The summed E-state index contributed by atoms with van der Waals surface area (Å²) in [4.78, 5) is 13.6. The van der Waals surface area contributed by atoms with Crippen molar-refractivity contribution in [3.8, 4) is 22.7 Å². The molecule has 228 valence electrons. The smallest absolute Gasteiger partial charge is 0.416 e. The van der Waals surface area contributed by atoms with E-state index in [0.29, 0.717) is 33.8 Å². The Bertz CT molecular complexity index is 1740. The van der Waals surface area contributed by atoms with Gasteiger partial charge in [0.05, 0.1) is 21.8 Å². The molecule has 0 saturated carbocycles. The van der Waals surface area contributed by atoms with Crippen molar-refractivity contribution in [1.82, 2.24) is 9.78 Å². The van der Waals surface area contributed by atoms with Crippen LogP contribution in [0.5, 0.6) is 5.75 Å². The number of hydrogen-bond acceptors (Lipinski definition) is 5. The van der Waals surface area contributed by atoms with Gasteiger partial charge in [0, 0.05) is 28.6 Å². The molecule has 0 fully saturated rings. The Labute approximate surface area is 249 Å². The molecule has 1 amide bonds. The number of carbonyl (C=O) groups excluding carboxylic acids is 1. The maximum absolute atomic E-state index is 13.5. The lowest BCUT2D eigenvalue weighted by Crippen LogP contribution is -2.19. The third-order valence-corrected chi connectivity index (χ3v) is 8.07. The number of hydrogen-bond donors (Lipinski definition) is 2. The van der Waals surface area contributed by atoms with E-state index in [2.05, 4.69) is 10.4 Å². The fraction of sp³-hybridized carbons (Fsp3) is 0.312. The summed E-state index contributed by atoms with van der Waals surface area (Å²) in [6.45, 7) is 11.7. The largest absolute Gasteiger partial charge is 0.507 e. The van der Waals surface area contributed by atoms with Crippen molar-refractivity contribution in [2.45, 2.75) is 63.4 Å². The van der Waals surface area contributed by atoms with Crippen molar-refractivity contribution in [3.63, 3.8) is 0 Å². The first-order valence-electron chi connectivity index (χ1n) is 13.4. The first-order valence-corrected chi connectivity index (χ1v) is 15.3. The number of sulfone groups is 1. The zero-order valence-corrected chi connectivity index (χ0v) is 25.8. The second-order valence-corrected chi connectivity index (χ2v) is 14.6. The fourth-order valence-electron chi connectivity index (χ4n) is 4.60. The molecule has 0 bridgehead atoms. The highest BCUT2D eigenvalue weighted by Crippen LogP contribution is 2.41. The highest BCUT2D eigenvalue weighted by Gasteiger charge is 2.31. The van der Waals surface area contributed by atoms with E-state index in [1.807, 2.05) is 41.5 Å². The van der Waals surface area contributed by atoms with E-state index in [1.54, 1.807) is 12.1 Å². The number of amides is 1. The number of anilines is 1. The molecular formula is C32H34F3N3O4S. The van der Waals surface area contributed by atoms with Crippen molar-refractivity contribution < 1.29 is 31.5 Å². The van der Waals surface area contributed by atoms with E-state index in [9.17, 15) is 31.5 Å². The van der Waals surface area contributed by atoms with Crippen LogP contribution in [0.3, 0.4) is 0 Å². The van der Waals surface area contributed by atoms with Crippen LogP contribution in [0.1, 0.15) is 68.7 Å². The summed E-state index contributed by atoms with van der Waals surface area (Å²) in [5.41, 5.74) is 1.12. The number of alkyl halides is 3. The maximum Gasteiger partial charge on any atom is 0.416 e. The van der Waals surface area contributed by atoms with Gasteiger partial charge >= 0.3 is 6.18 Å². The van der Waals surface area contributed by atoms with Gasteiger partial charge in [0.1, 0.15) is 5.75 Å². The number of nitrogens with one attached hydrogen (secondary N) is 1. The quantitative estimate of drug-likeness (QED) is 0.227. The first kappa shape index (κ1) is 31.8. The molecule has 0 aliphatic rings. The molecule has 43 heavy (non-hydrogen) atoms. The molecule has 3 aromatic carbocycles. The third-order valence-electron chi connectivity index (χ3n) is 6.94. The average molecular weight is 614 g/mol. The van der Waals surface area contributed by atoms with Gasteiger partial charge in [0.15, 0.2) is 15.5 Å². The number of carbonyl (C=O) groups is 1.